The summed E-state index contributed by atoms with van der Waals surface area (Å²) < 4.78 is 11.0. The number of nitrogens with one attached hydrogen (secondary N) is 1. The molecule has 2 heterocycles. The van der Waals surface area contributed by atoms with E-state index in [9.17, 15) is 4.79 Å². The number of amides is 1. The first-order chi connectivity index (χ1) is 14.1. The van der Waals surface area contributed by atoms with Gasteiger partial charge in [-0.05, 0) is 61.0 Å². The van der Waals surface area contributed by atoms with Gasteiger partial charge in [0.15, 0.2) is 5.76 Å². The van der Waals surface area contributed by atoms with Crippen molar-refractivity contribution in [1.29, 1.82) is 0 Å². The minimum absolute atomic E-state index is 0.288. The SMILES string of the molecule is COc1ccc2oc(C(=O)Nc3cccc(C=Cc4ccccn4)c3)c(C)c2c1. The van der Waals surface area contributed by atoms with Crippen molar-refractivity contribution in [2.75, 3.05) is 12.4 Å². The van der Waals surface area contributed by atoms with Crippen molar-refractivity contribution in [3.63, 3.8) is 0 Å². The zero-order valence-electron chi connectivity index (χ0n) is 16.2. The normalized spacial score (nSPS) is 11.1. The van der Waals surface area contributed by atoms with Crippen LogP contribution in [0.1, 0.15) is 27.4 Å². The highest BCUT2D eigenvalue weighted by molar-refractivity contribution is 6.06. The molecular weight excluding hydrogens is 364 g/mol. The molecule has 0 aliphatic heterocycles. The largest absolute Gasteiger partial charge is 0.497 e. The minimum Gasteiger partial charge on any atom is -0.497 e. The molecule has 0 spiro atoms. The molecule has 0 saturated carbocycles. The Kier molecular flexibility index (Phi) is 5.12. The predicted molar refractivity (Wildman–Crippen MR) is 115 cm³/mol. The Morgan fingerprint density at radius 3 is 2.76 bits per heavy atom. The summed E-state index contributed by atoms with van der Waals surface area (Å²) in [5.74, 6) is 0.729. The average Bonchev–Trinajstić information content (AvgIpc) is 3.09. The van der Waals surface area contributed by atoms with E-state index < -0.39 is 0 Å². The number of carbonyl (C=O) groups excluding carboxylic acids is 1. The molecule has 29 heavy (non-hydrogen) atoms. The summed E-state index contributed by atoms with van der Waals surface area (Å²) in [6.45, 7) is 1.87. The van der Waals surface area contributed by atoms with Crippen LogP contribution in [-0.4, -0.2) is 18.0 Å². The second-order valence-corrected chi connectivity index (χ2v) is 6.59. The Hall–Kier alpha value is -3.86. The number of furan rings is 1. The van der Waals surface area contributed by atoms with Gasteiger partial charge in [-0.15, -0.1) is 0 Å². The number of ether oxygens (including phenoxy) is 1. The first-order valence-corrected chi connectivity index (χ1v) is 9.22. The fraction of sp³-hybridized carbons (Fsp3) is 0.0833. The summed E-state index contributed by atoms with van der Waals surface area (Å²) in [5.41, 5.74) is 3.95. The van der Waals surface area contributed by atoms with Crippen molar-refractivity contribution in [2.45, 2.75) is 6.92 Å². The molecule has 0 aliphatic rings. The van der Waals surface area contributed by atoms with Crippen LogP contribution in [0.15, 0.2) is 71.3 Å². The number of carbonyl (C=O) groups is 1. The molecule has 5 nitrogen and oxygen atoms in total. The van der Waals surface area contributed by atoms with Crippen LogP contribution in [0.25, 0.3) is 23.1 Å². The van der Waals surface area contributed by atoms with Crippen LogP contribution in [0.5, 0.6) is 5.75 Å². The molecule has 1 N–H and O–H groups in total. The summed E-state index contributed by atoms with van der Waals surface area (Å²) in [4.78, 5) is 17.1. The number of rotatable bonds is 5. The molecule has 0 atom stereocenters. The van der Waals surface area contributed by atoms with Gasteiger partial charge in [-0.2, -0.15) is 0 Å². The number of aryl methyl sites for hydroxylation is 1. The molecule has 4 rings (SSSR count). The van der Waals surface area contributed by atoms with E-state index in [2.05, 4.69) is 10.3 Å². The number of pyridine rings is 1. The Morgan fingerprint density at radius 2 is 1.97 bits per heavy atom. The smallest absolute Gasteiger partial charge is 0.291 e. The predicted octanol–water partition coefficient (Wildman–Crippen LogP) is 5.57. The molecule has 5 heteroatoms. The molecule has 2 aromatic heterocycles. The lowest BCUT2D eigenvalue weighted by molar-refractivity contribution is 0.0998. The van der Waals surface area contributed by atoms with Crippen LogP contribution in [0.3, 0.4) is 0 Å². The van der Waals surface area contributed by atoms with Gasteiger partial charge in [0.25, 0.3) is 5.91 Å². The van der Waals surface area contributed by atoms with Crippen molar-refractivity contribution in [3.05, 3.63) is 89.4 Å². The van der Waals surface area contributed by atoms with E-state index in [0.29, 0.717) is 17.0 Å². The van der Waals surface area contributed by atoms with Crippen molar-refractivity contribution in [1.82, 2.24) is 4.98 Å². The molecule has 0 bridgehead atoms. The molecule has 0 radical (unpaired) electrons. The summed E-state index contributed by atoms with van der Waals surface area (Å²) in [6.07, 6.45) is 5.63. The quantitative estimate of drug-likeness (QED) is 0.489. The number of anilines is 1. The third-order valence-electron chi connectivity index (χ3n) is 4.63. The van der Waals surface area contributed by atoms with E-state index in [1.165, 1.54) is 0 Å². The number of aromatic nitrogens is 1. The average molecular weight is 384 g/mol. The molecule has 0 saturated heterocycles. The van der Waals surface area contributed by atoms with Crippen molar-refractivity contribution >= 4 is 34.7 Å². The van der Waals surface area contributed by atoms with Crippen LogP contribution < -0.4 is 10.1 Å². The van der Waals surface area contributed by atoms with Gasteiger partial charge in [-0.3, -0.25) is 9.78 Å². The van der Waals surface area contributed by atoms with Crippen molar-refractivity contribution in [2.24, 2.45) is 0 Å². The van der Waals surface area contributed by atoms with E-state index in [-0.39, 0.29) is 5.91 Å². The molecule has 1 amide bonds. The molecular formula is C24H20N2O3. The van der Waals surface area contributed by atoms with Crippen molar-refractivity contribution < 1.29 is 13.9 Å². The number of nitrogens with zero attached hydrogens (tertiary/aromatic N) is 1. The van der Waals surface area contributed by atoms with E-state index in [0.717, 1.165) is 28.0 Å². The first-order valence-electron chi connectivity index (χ1n) is 9.22. The van der Waals surface area contributed by atoms with Gasteiger partial charge in [-0.1, -0.05) is 24.3 Å². The number of methoxy groups -OCH3 is 1. The zero-order chi connectivity index (χ0) is 20.2. The topological polar surface area (TPSA) is 64.4 Å². The maximum Gasteiger partial charge on any atom is 0.291 e. The lowest BCUT2D eigenvalue weighted by atomic mass is 10.1. The first kappa shape index (κ1) is 18.5. The number of fused-ring (bicyclic) bond motifs is 1. The van der Waals surface area contributed by atoms with Gasteiger partial charge in [0.05, 0.1) is 12.8 Å². The minimum atomic E-state index is -0.288. The van der Waals surface area contributed by atoms with Gasteiger partial charge in [0.1, 0.15) is 11.3 Å². The maximum absolute atomic E-state index is 12.8. The van der Waals surface area contributed by atoms with Crippen LogP contribution in [-0.2, 0) is 0 Å². The van der Waals surface area contributed by atoms with Crippen LogP contribution in [0, 0.1) is 6.92 Å². The number of benzene rings is 2. The fourth-order valence-electron chi connectivity index (χ4n) is 3.11. The second-order valence-electron chi connectivity index (χ2n) is 6.59. The molecule has 2 aromatic carbocycles. The van der Waals surface area contributed by atoms with Gasteiger partial charge in [0.2, 0.25) is 0 Å². The Balaban J connectivity index is 1.55. The Morgan fingerprint density at radius 1 is 1.07 bits per heavy atom. The molecule has 4 aromatic rings. The summed E-state index contributed by atoms with van der Waals surface area (Å²) in [6, 6.07) is 18.8. The molecule has 0 fully saturated rings. The van der Waals surface area contributed by atoms with Crippen molar-refractivity contribution in [3.8, 4) is 5.75 Å². The lowest BCUT2D eigenvalue weighted by Crippen LogP contribution is -2.12. The Labute approximate surface area is 168 Å². The third kappa shape index (κ3) is 4.04. The summed E-state index contributed by atoms with van der Waals surface area (Å²) in [5, 5.41) is 3.78. The third-order valence-corrected chi connectivity index (χ3v) is 4.63. The molecule has 0 aliphatic carbocycles. The molecule has 144 valence electrons. The van der Waals surface area contributed by atoms with Gasteiger partial charge in [0, 0.05) is 22.8 Å². The summed E-state index contributed by atoms with van der Waals surface area (Å²) in [7, 11) is 1.61. The van der Waals surface area contributed by atoms with Crippen LogP contribution >= 0.6 is 0 Å². The summed E-state index contributed by atoms with van der Waals surface area (Å²) >= 11 is 0. The van der Waals surface area contributed by atoms with Gasteiger partial charge >= 0.3 is 0 Å². The van der Waals surface area contributed by atoms with E-state index in [1.54, 1.807) is 19.4 Å². The number of hydrogen-bond donors (Lipinski definition) is 1. The number of hydrogen-bond acceptors (Lipinski definition) is 4. The van der Waals surface area contributed by atoms with E-state index in [1.807, 2.05) is 73.7 Å². The molecule has 0 unspecified atom stereocenters. The Bertz CT molecular complexity index is 1190. The van der Waals surface area contributed by atoms with Gasteiger partial charge in [-0.25, -0.2) is 0 Å². The zero-order valence-corrected chi connectivity index (χ0v) is 16.2. The maximum atomic E-state index is 12.8. The van der Waals surface area contributed by atoms with Crippen LogP contribution in [0.4, 0.5) is 5.69 Å². The highest BCUT2D eigenvalue weighted by atomic mass is 16.5. The monoisotopic (exact) mass is 384 g/mol. The highest BCUT2D eigenvalue weighted by Gasteiger charge is 2.18. The second kappa shape index (κ2) is 8.02. The highest BCUT2D eigenvalue weighted by Crippen LogP contribution is 2.29. The van der Waals surface area contributed by atoms with Gasteiger partial charge < -0.3 is 14.5 Å². The standard InChI is InChI=1S/C24H20N2O3/c1-16-21-15-20(28-2)11-12-22(21)29-23(16)24(27)26-19-8-5-6-17(14-19)9-10-18-7-3-4-13-25-18/h3-15H,1-2H3,(H,26,27). The van der Waals surface area contributed by atoms with E-state index in [4.69, 9.17) is 9.15 Å². The fourth-order valence-corrected chi connectivity index (χ4v) is 3.11. The van der Waals surface area contributed by atoms with E-state index >= 15 is 0 Å². The lowest BCUT2D eigenvalue weighted by Gasteiger charge is -2.05. The van der Waals surface area contributed by atoms with Crippen LogP contribution in [0.2, 0.25) is 0 Å².